The first kappa shape index (κ1) is 16.4. The Balaban J connectivity index is 1.59. The number of nitrogens with zero attached hydrogens (tertiary/aromatic N) is 1. The van der Waals surface area contributed by atoms with Crippen molar-refractivity contribution in [3.63, 3.8) is 0 Å². The fourth-order valence-corrected chi connectivity index (χ4v) is 4.18. The summed E-state index contributed by atoms with van der Waals surface area (Å²) >= 11 is 8.80. The number of hydrogen-bond acceptors (Lipinski definition) is 5. The molecule has 0 aromatic carbocycles. The second kappa shape index (κ2) is 6.98. The normalized spacial score (nSPS) is 15.3. The van der Waals surface area contributed by atoms with Crippen LogP contribution in [0.3, 0.4) is 0 Å². The van der Waals surface area contributed by atoms with E-state index in [0.29, 0.717) is 22.4 Å². The van der Waals surface area contributed by atoms with Crippen LogP contribution < -0.4 is 5.32 Å². The van der Waals surface area contributed by atoms with Gasteiger partial charge in [0.05, 0.1) is 21.3 Å². The number of aromatic nitrogens is 1. The van der Waals surface area contributed by atoms with Crippen LogP contribution in [0.25, 0.3) is 9.88 Å². The van der Waals surface area contributed by atoms with Gasteiger partial charge >= 0.3 is 5.97 Å². The maximum atomic E-state index is 12.1. The Morgan fingerprint density at radius 2 is 2.22 bits per heavy atom. The highest BCUT2D eigenvalue weighted by atomic mass is 35.5. The van der Waals surface area contributed by atoms with E-state index in [4.69, 9.17) is 11.6 Å². The molecule has 5 nitrogen and oxygen atoms in total. The van der Waals surface area contributed by atoms with Gasteiger partial charge in [0.25, 0.3) is 0 Å². The number of amides is 1. The number of nitrogens with one attached hydrogen (secondary N) is 1. The summed E-state index contributed by atoms with van der Waals surface area (Å²) in [6, 6.07) is 2.90. The molecule has 0 radical (unpaired) electrons. The molecule has 0 aliphatic heterocycles. The number of halogens is 1. The van der Waals surface area contributed by atoms with Crippen LogP contribution in [0.15, 0.2) is 17.5 Å². The molecule has 122 valence electrons. The standard InChI is InChI=1S/C15H15ClN2O3S2/c16-12-4-3-11(23-12)14-17-9(7-22-14)6-13(19)18-10(15(20)21)5-8-1-2-8/h3-4,7-8,10H,1-2,5-6H2,(H,18,19)(H,20,21). The summed E-state index contributed by atoms with van der Waals surface area (Å²) in [4.78, 5) is 28.6. The highest BCUT2D eigenvalue weighted by molar-refractivity contribution is 7.23. The third-order valence-corrected chi connectivity index (χ3v) is 5.87. The molecule has 3 rings (SSSR count). The molecular formula is C15H15ClN2O3S2. The van der Waals surface area contributed by atoms with Crippen molar-refractivity contribution in [3.05, 3.63) is 27.5 Å². The summed E-state index contributed by atoms with van der Waals surface area (Å²) in [5, 5.41) is 14.4. The zero-order valence-corrected chi connectivity index (χ0v) is 14.5. The first-order chi connectivity index (χ1) is 11.0. The van der Waals surface area contributed by atoms with Gasteiger partial charge in [-0.1, -0.05) is 24.4 Å². The van der Waals surface area contributed by atoms with Crippen molar-refractivity contribution in [1.82, 2.24) is 10.3 Å². The van der Waals surface area contributed by atoms with Crippen molar-refractivity contribution in [2.45, 2.75) is 31.7 Å². The lowest BCUT2D eigenvalue weighted by molar-refractivity contribution is -0.142. The lowest BCUT2D eigenvalue weighted by Crippen LogP contribution is -2.41. The molecule has 2 N–H and O–H groups in total. The molecule has 1 fully saturated rings. The maximum Gasteiger partial charge on any atom is 0.326 e. The molecule has 1 aliphatic carbocycles. The van der Waals surface area contributed by atoms with Gasteiger partial charge in [0, 0.05) is 5.38 Å². The van der Waals surface area contributed by atoms with Gasteiger partial charge in [0.1, 0.15) is 11.0 Å². The Kier molecular flexibility index (Phi) is 4.99. The molecular weight excluding hydrogens is 356 g/mol. The molecule has 0 bridgehead atoms. The lowest BCUT2D eigenvalue weighted by Gasteiger charge is -2.13. The largest absolute Gasteiger partial charge is 0.480 e. The van der Waals surface area contributed by atoms with Crippen LogP contribution in [-0.2, 0) is 16.0 Å². The van der Waals surface area contributed by atoms with E-state index in [1.54, 1.807) is 0 Å². The minimum Gasteiger partial charge on any atom is -0.480 e. The van der Waals surface area contributed by atoms with Crippen LogP contribution in [0.4, 0.5) is 0 Å². The van der Waals surface area contributed by atoms with Crippen LogP contribution in [0.2, 0.25) is 4.34 Å². The van der Waals surface area contributed by atoms with Gasteiger partial charge in [-0.05, 0) is 24.5 Å². The zero-order chi connectivity index (χ0) is 16.4. The molecule has 0 saturated heterocycles. The molecule has 1 aliphatic rings. The summed E-state index contributed by atoms with van der Waals surface area (Å²) in [6.07, 6.45) is 2.71. The van der Waals surface area contributed by atoms with Crippen LogP contribution in [0.1, 0.15) is 25.0 Å². The van der Waals surface area contributed by atoms with E-state index < -0.39 is 12.0 Å². The fraction of sp³-hybridized carbons (Fsp3) is 0.400. The Hall–Kier alpha value is -1.44. The van der Waals surface area contributed by atoms with Crippen LogP contribution >= 0.6 is 34.3 Å². The predicted molar refractivity (Wildman–Crippen MR) is 91.0 cm³/mol. The molecule has 1 saturated carbocycles. The predicted octanol–water partition coefficient (Wildman–Crippen LogP) is 3.44. The second-order valence-electron chi connectivity index (χ2n) is 5.56. The number of thiophene rings is 1. The van der Waals surface area contributed by atoms with Crippen molar-refractivity contribution in [2.24, 2.45) is 5.92 Å². The van der Waals surface area contributed by atoms with E-state index in [-0.39, 0.29) is 12.3 Å². The van der Waals surface area contributed by atoms with Crippen molar-refractivity contribution in [2.75, 3.05) is 0 Å². The van der Waals surface area contributed by atoms with Gasteiger partial charge in [-0.2, -0.15) is 0 Å². The number of carboxylic acids is 1. The number of rotatable bonds is 7. The average molecular weight is 371 g/mol. The van der Waals surface area contributed by atoms with Crippen molar-refractivity contribution < 1.29 is 14.7 Å². The summed E-state index contributed by atoms with van der Waals surface area (Å²) in [5.41, 5.74) is 0.641. The Morgan fingerprint density at radius 1 is 1.43 bits per heavy atom. The molecule has 8 heteroatoms. The number of thiazole rings is 1. The molecule has 1 amide bonds. The van der Waals surface area contributed by atoms with Crippen LogP contribution in [0, 0.1) is 5.92 Å². The van der Waals surface area contributed by atoms with Gasteiger partial charge in [0.15, 0.2) is 0 Å². The number of carbonyl (C=O) groups is 2. The SMILES string of the molecule is O=C(Cc1csc(-c2ccc(Cl)s2)n1)NC(CC1CC1)C(=O)O. The third kappa shape index (κ3) is 4.53. The van der Waals surface area contributed by atoms with Crippen LogP contribution in [0.5, 0.6) is 0 Å². The van der Waals surface area contributed by atoms with Crippen molar-refractivity contribution >= 4 is 46.2 Å². The number of aliphatic carboxylic acids is 1. The summed E-state index contributed by atoms with van der Waals surface area (Å²) < 4.78 is 0.693. The smallest absolute Gasteiger partial charge is 0.326 e. The molecule has 2 aromatic rings. The molecule has 1 atom stereocenters. The number of hydrogen-bond donors (Lipinski definition) is 2. The number of carboxylic acid groups (broad SMARTS) is 1. The Labute approximate surface area is 146 Å². The Morgan fingerprint density at radius 3 is 2.83 bits per heavy atom. The second-order valence-corrected chi connectivity index (χ2v) is 8.14. The lowest BCUT2D eigenvalue weighted by atomic mass is 10.1. The minimum absolute atomic E-state index is 0.0874. The summed E-state index contributed by atoms with van der Waals surface area (Å²) in [5.74, 6) is -0.845. The Bertz CT molecular complexity index is 724. The van der Waals surface area contributed by atoms with E-state index in [9.17, 15) is 14.7 Å². The topological polar surface area (TPSA) is 79.3 Å². The van der Waals surface area contributed by atoms with Gasteiger partial charge in [-0.15, -0.1) is 22.7 Å². The number of carbonyl (C=O) groups excluding carboxylic acids is 1. The summed E-state index contributed by atoms with van der Waals surface area (Å²) in [6.45, 7) is 0. The van der Waals surface area contributed by atoms with E-state index in [1.165, 1.54) is 22.7 Å². The van der Waals surface area contributed by atoms with Crippen molar-refractivity contribution in [3.8, 4) is 9.88 Å². The minimum atomic E-state index is -0.975. The molecule has 0 spiro atoms. The maximum absolute atomic E-state index is 12.1. The zero-order valence-electron chi connectivity index (χ0n) is 12.1. The molecule has 1 unspecified atom stereocenters. The first-order valence-corrected chi connectivity index (χ1v) is 9.31. The highest BCUT2D eigenvalue weighted by Crippen LogP contribution is 2.34. The average Bonchev–Trinajstić information content (AvgIpc) is 3.00. The van der Waals surface area contributed by atoms with Gasteiger partial charge in [-0.3, -0.25) is 4.79 Å². The van der Waals surface area contributed by atoms with E-state index >= 15 is 0 Å². The monoisotopic (exact) mass is 370 g/mol. The van der Waals surface area contributed by atoms with E-state index in [0.717, 1.165) is 22.7 Å². The van der Waals surface area contributed by atoms with Crippen molar-refractivity contribution in [1.29, 1.82) is 0 Å². The molecule has 2 aromatic heterocycles. The van der Waals surface area contributed by atoms with Gasteiger partial charge in [0.2, 0.25) is 5.91 Å². The fourth-order valence-electron chi connectivity index (χ4n) is 2.25. The molecule has 23 heavy (non-hydrogen) atoms. The summed E-state index contributed by atoms with van der Waals surface area (Å²) in [7, 11) is 0. The van der Waals surface area contributed by atoms with E-state index in [2.05, 4.69) is 10.3 Å². The van der Waals surface area contributed by atoms with Gasteiger partial charge in [-0.25, -0.2) is 9.78 Å². The quantitative estimate of drug-likeness (QED) is 0.782. The van der Waals surface area contributed by atoms with Crippen LogP contribution in [-0.4, -0.2) is 28.0 Å². The van der Waals surface area contributed by atoms with E-state index in [1.807, 2.05) is 17.5 Å². The van der Waals surface area contributed by atoms with Gasteiger partial charge < -0.3 is 10.4 Å². The molecule has 2 heterocycles. The third-order valence-electron chi connectivity index (χ3n) is 3.58. The highest BCUT2D eigenvalue weighted by Gasteiger charge is 2.30. The first-order valence-electron chi connectivity index (χ1n) is 7.23.